The SMILES string of the molecule is C/C=C/CCNc1ncc(C)cc1N. The normalized spacial score (nSPS) is 10.7. The van der Waals surface area contributed by atoms with Crippen molar-refractivity contribution in [3.05, 3.63) is 30.0 Å². The summed E-state index contributed by atoms with van der Waals surface area (Å²) in [5, 5.41) is 3.19. The van der Waals surface area contributed by atoms with E-state index in [2.05, 4.69) is 16.4 Å². The number of nitrogen functional groups attached to an aromatic ring is 1. The predicted molar refractivity (Wildman–Crippen MR) is 61.3 cm³/mol. The number of hydrogen-bond acceptors (Lipinski definition) is 3. The summed E-state index contributed by atoms with van der Waals surface area (Å²) in [7, 11) is 0. The Bertz CT molecular complexity index is 318. The zero-order valence-corrected chi connectivity index (χ0v) is 8.75. The van der Waals surface area contributed by atoms with Crippen molar-refractivity contribution in [2.24, 2.45) is 0 Å². The Morgan fingerprint density at radius 3 is 3.00 bits per heavy atom. The molecule has 0 saturated carbocycles. The molecule has 0 spiro atoms. The Hall–Kier alpha value is -1.51. The van der Waals surface area contributed by atoms with Gasteiger partial charge in [0.1, 0.15) is 5.82 Å². The molecular formula is C11H17N3. The van der Waals surface area contributed by atoms with Gasteiger partial charge in [-0.2, -0.15) is 0 Å². The Morgan fingerprint density at radius 2 is 2.36 bits per heavy atom. The third-order valence-electron chi connectivity index (χ3n) is 1.89. The topological polar surface area (TPSA) is 50.9 Å². The Balaban J connectivity index is 2.50. The average Bonchev–Trinajstić information content (AvgIpc) is 2.15. The largest absolute Gasteiger partial charge is 0.396 e. The first kappa shape index (κ1) is 10.6. The highest BCUT2D eigenvalue weighted by Gasteiger charge is 1.98. The van der Waals surface area contributed by atoms with Gasteiger partial charge >= 0.3 is 0 Å². The van der Waals surface area contributed by atoms with E-state index in [1.165, 1.54) is 0 Å². The molecule has 0 aliphatic carbocycles. The molecule has 1 heterocycles. The fourth-order valence-electron chi connectivity index (χ4n) is 1.18. The molecule has 3 heteroatoms. The number of anilines is 2. The Morgan fingerprint density at radius 1 is 1.57 bits per heavy atom. The summed E-state index contributed by atoms with van der Waals surface area (Å²) in [5.41, 5.74) is 7.59. The van der Waals surface area contributed by atoms with Crippen molar-refractivity contribution in [1.82, 2.24) is 4.98 Å². The second-order valence-electron chi connectivity index (χ2n) is 3.23. The van der Waals surface area contributed by atoms with Crippen molar-refractivity contribution in [1.29, 1.82) is 0 Å². The van der Waals surface area contributed by atoms with Crippen molar-refractivity contribution < 1.29 is 0 Å². The van der Waals surface area contributed by atoms with Crippen LogP contribution in [-0.4, -0.2) is 11.5 Å². The van der Waals surface area contributed by atoms with Gasteiger partial charge in [0.25, 0.3) is 0 Å². The van der Waals surface area contributed by atoms with Crippen LogP contribution >= 0.6 is 0 Å². The van der Waals surface area contributed by atoms with Crippen molar-refractivity contribution in [2.45, 2.75) is 20.3 Å². The van der Waals surface area contributed by atoms with Gasteiger partial charge in [-0.3, -0.25) is 0 Å². The number of nitrogens with two attached hydrogens (primary N) is 1. The molecule has 0 saturated heterocycles. The quantitative estimate of drug-likeness (QED) is 0.567. The van der Waals surface area contributed by atoms with Crippen LogP contribution in [0.1, 0.15) is 18.9 Å². The zero-order chi connectivity index (χ0) is 10.4. The first-order valence-electron chi connectivity index (χ1n) is 4.81. The standard InChI is InChI=1S/C11H17N3/c1-3-4-5-6-13-11-10(12)7-9(2)8-14-11/h3-4,7-8H,5-6,12H2,1-2H3,(H,13,14)/b4-3+. The predicted octanol–water partition coefficient (Wildman–Crippen LogP) is 2.35. The first-order valence-corrected chi connectivity index (χ1v) is 4.81. The van der Waals surface area contributed by atoms with Crippen LogP contribution in [-0.2, 0) is 0 Å². The molecular weight excluding hydrogens is 174 g/mol. The lowest BCUT2D eigenvalue weighted by molar-refractivity contribution is 1.04. The summed E-state index contributed by atoms with van der Waals surface area (Å²) in [6, 6.07) is 1.92. The second-order valence-corrected chi connectivity index (χ2v) is 3.23. The van der Waals surface area contributed by atoms with Crippen LogP contribution in [0.3, 0.4) is 0 Å². The summed E-state index contributed by atoms with van der Waals surface area (Å²) in [6.07, 6.45) is 6.95. The molecule has 3 N–H and O–H groups in total. The van der Waals surface area contributed by atoms with E-state index in [-0.39, 0.29) is 0 Å². The zero-order valence-electron chi connectivity index (χ0n) is 8.75. The van der Waals surface area contributed by atoms with Gasteiger partial charge < -0.3 is 11.1 Å². The molecule has 0 aliphatic heterocycles. The summed E-state index contributed by atoms with van der Waals surface area (Å²) in [6.45, 7) is 4.86. The molecule has 0 unspecified atom stereocenters. The lowest BCUT2D eigenvalue weighted by Crippen LogP contribution is -2.05. The first-order chi connectivity index (χ1) is 6.74. The van der Waals surface area contributed by atoms with E-state index in [9.17, 15) is 0 Å². The van der Waals surface area contributed by atoms with Gasteiger partial charge in [0.15, 0.2) is 0 Å². The fourth-order valence-corrected chi connectivity index (χ4v) is 1.18. The van der Waals surface area contributed by atoms with Crippen LogP contribution in [0, 0.1) is 6.92 Å². The minimum absolute atomic E-state index is 0.713. The van der Waals surface area contributed by atoms with Crippen LogP contribution in [0.15, 0.2) is 24.4 Å². The van der Waals surface area contributed by atoms with Gasteiger partial charge in [0, 0.05) is 12.7 Å². The maximum atomic E-state index is 5.79. The molecule has 0 bridgehead atoms. The third kappa shape index (κ3) is 3.09. The third-order valence-corrected chi connectivity index (χ3v) is 1.89. The Kier molecular flexibility index (Phi) is 3.98. The molecule has 1 aromatic heterocycles. The number of nitrogens with one attached hydrogen (secondary N) is 1. The number of hydrogen-bond donors (Lipinski definition) is 2. The van der Waals surface area contributed by atoms with E-state index in [1.54, 1.807) is 0 Å². The summed E-state index contributed by atoms with van der Waals surface area (Å²) < 4.78 is 0. The minimum Gasteiger partial charge on any atom is -0.396 e. The fraction of sp³-hybridized carbons (Fsp3) is 0.364. The molecule has 0 radical (unpaired) electrons. The lowest BCUT2D eigenvalue weighted by Gasteiger charge is -2.07. The number of aryl methyl sites for hydroxylation is 1. The van der Waals surface area contributed by atoms with Crippen LogP contribution in [0.4, 0.5) is 11.5 Å². The van der Waals surface area contributed by atoms with Crippen LogP contribution in [0.2, 0.25) is 0 Å². The van der Waals surface area contributed by atoms with Gasteiger partial charge in [-0.1, -0.05) is 12.2 Å². The number of rotatable bonds is 4. The average molecular weight is 191 g/mol. The number of nitrogens with zero attached hydrogens (tertiary/aromatic N) is 1. The van der Waals surface area contributed by atoms with E-state index in [0.717, 1.165) is 24.3 Å². The monoisotopic (exact) mass is 191 g/mol. The van der Waals surface area contributed by atoms with E-state index in [1.807, 2.05) is 32.2 Å². The molecule has 0 atom stereocenters. The van der Waals surface area contributed by atoms with Crippen LogP contribution < -0.4 is 11.1 Å². The number of pyridine rings is 1. The van der Waals surface area contributed by atoms with E-state index >= 15 is 0 Å². The molecule has 0 amide bonds. The van der Waals surface area contributed by atoms with Crippen molar-refractivity contribution in [2.75, 3.05) is 17.6 Å². The smallest absolute Gasteiger partial charge is 0.149 e. The maximum Gasteiger partial charge on any atom is 0.149 e. The van der Waals surface area contributed by atoms with Gasteiger partial charge in [-0.05, 0) is 31.9 Å². The number of allylic oxidation sites excluding steroid dienone is 1. The van der Waals surface area contributed by atoms with E-state index in [4.69, 9.17) is 5.73 Å². The highest BCUT2D eigenvalue weighted by atomic mass is 15.0. The maximum absolute atomic E-state index is 5.79. The molecule has 3 nitrogen and oxygen atoms in total. The molecule has 1 rings (SSSR count). The molecule has 1 aromatic rings. The highest BCUT2D eigenvalue weighted by Crippen LogP contribution is 2.15. The second kappa shape index (κ2) is 5.27. The summed E-state index contributed by atoms with van der Waals surface area (Å²) >= 11 is 0. The lowest BCUT2D eigenvalue weighted by atomic mass is 10.3. The van der Waals surface area contributed by atoms with E-state index < -0.39 is 0 Å². The van der Waals surface area contributed by atoms with Crippen molar-refractivity contribution >= 4 is 11.5 Å². The molecule has 0 aromatic carbocycles. The molecule has 14 heavy (non-hydrogen) atoms. The van der Waals surface area contributed by atoms with Crippen LogP contribution in [0.5, 0.6) is 0 Å². The van der Waals surface area contributed by atoms with E-state index in [0.29, 0.717) is 5.69 Å². The minimum atomic E-state index is 0.713. The summed E-state index contributed by atoms with van der Waals surface area (Å²) in [4.78, 5) is 4.22. The summed E-state index contributed by atoms with van der Waals surface area (Å²) in [5.74, 6) is 0.778. The number of aromatic nitrogens is 1. The molecule has 76 valence electrons. The van der Waals surface area contributed by atoms with Gasteiger partial charge in [0.05, 0.1) is 5.69 Å². The molecule has 0 fully saturated rings. The van der Waals surface area contributed by atoms with Gasteiger partial charge in [-0.25, -0.2) is 4.98 Å². The van der Waals surface area contributed by atoms with Gasteiger partial charge in [0.2, 0.25) is 0 Å². The molecule has 0 aliphatic rings. The van der Waals surface area contributed by atoms with Crippen LogP contribution in [0.25, 0.3) is 0 Å². The highest BCUT2D eigenvalue weighted by molar-refractivity contribution is 5.61. The van der Waals surface area contributed by atoms with Gasteiger partial charge in [-0.15, -0.1) is 0 Å². The van der Waals surface area contributed by atoms with Crippen molar-refractivity contribution in [3.63, 3.8) is 0 Å². The van der Waals surface area contributed by atoms with Crippen molar-refractivity contribution in [3.8, 4) is 0 Å². The Labute approximate surface area is 85.0 Å².